The molecule has 1 amide bonds. The Morgan fingerprint density at radius 2 is 1.50 bits per heavy atom. The van der Waals surface area contributed by atoms with E-state index in [4.69, 9.17) is 0 Å². The molecule has 1 saturated heterocycles. The summed E-state index contributed by atoms with van der Waals surface area (Å²) in [5, 5.41) is 0. The molecule has 3 nitrogen and oxygen atoms in total. The molecule has 2 saturated carbocycles. The highest BCUT2D eigenvalue weighted by Crippen LogP contribution is 2.32. The Labute approximate surface area is 111 Å². The van der Waals surface area contributed by atoms with Crippen LogP contribution >= 0.6 is 0 Å². The van der Waals surface area contributed by atoms with Gasteiger partial charge >= 0.3 is 0 Å². The van der Waals surface area contributed by atoms with Crippen LogP contribution in [0.4, 0.5) is 0 Å². The van der Waals surface area contributed by atoms with Gasteiger partial charge in [-0.25, -0.2) is 0 Å². The zero-order valence-corrected chi connectivity index (χ0v) is 11.6. The van der Waals surface area contributed by atoms with Gasteiger partial charge in [-0.3, -0.25) is 9.69 Å². The molecule has 0 N–H and O–H groups in total. The number of carbonyl (C=O) groups excluding carboxylic acids is 1. The van der Waals surface area contributed by atoms with Gasteiger partial charge in [0.05, 0.1) is 0 Å². The van der Waals surface area contributed by atoms with Gasteiger partial charge in [0.25, 0.3) is 0 Å². The van der Waals surface area contributed by atoms with Gasteiger partial charge in [-0.1, -0.05) is 6.92 Å². The fourth-order valence-electron chi connectivity index (χ4n) is 3.50. The first kappa shape index (κ1) is 12.5. The van der Waals surface area contributed by atoms with Gasteiger partial charge < -0.3 is 4.90 Å². The van der Waals surface area contributed by atoms with Crippen LogP contribution in [0.5, 0.6) is 0 Å². The maximum absolute atomic E-state index is 12.0. The molecule has 0 bridgehead atoms. The van der Waals surface area contributed by atoms with E-state index < -0.39 is 0 Å². The molecule has 3 fully saturated rings. The van der Waals surface area contributed by atoms with Crippen LogP contribution in [0.1, 0.15) is 45.4 Å². The van der Waals surface area contributed by atoms with Crippen molar-refractivity contribution in [1.82, 2.24) is 9.80 Å². The van der Waals surface area contributed by atoms with Crippen LogP contribution in [0.15, 0.2) is 0 Å². The molecule has 3 aliphatic rings. The number of piperazine rings is 1. The number of rotatable bonds is 2. The summed E-state index contributed by atoms with van der Waals surface area (Å²) in [5.41, 5.74) is 0. The van der Waals surface area contributed by atoms with Crippen molar-refractivity contribution in [2.45, 2.75) is 51.5 Å². The summed E-state index contributed by atoms with van der Waals surface area (Å²) in [5.74, 6) is 1.76. The number of hydrogen-bond donors (Lipinski definition) is 0. The third-order valence-electron chi connectivity index (χ3n) is 5.05. The molecule has 3 rings (SSSR count). The van der Waals surface area contributed by atoms with Crippen molar-refractivity contribution in [3.63, 3.8) is 0 Å². The number of hydrogen-bond acceptors (Lipinski definition) is 2. The smallest absolute Gasteiger partial charge is 0.225 e. The molecular weight excluding hydrogens is 224 g/mol. The summed E-state index contributed by atoms with van der Waals surface area (Å²) in [6.07, 6.45) is 7.81. The summed E-state index contributed by atoms with van der Waals surface area (Å²) in [7, 11) is 0. The fourth-order valence-corrected chi connectivity index (χ4v) is 3.50. The van der Waals surface area contributed by atoms with Crippen molar-refractivity contribution < 1.29 is 4.79 Å². The van der Waals surface area contributed by atoms with Crippen molar-refractivity contribution in [3.05, 3.63) is 0 Å². The largest absolute Gasteiger partial charge is 0.340 e. The van der Waals surface area contributed by atoms with E-state index in [0.717, 1.165) is 51.0 Å². The third-order valence-corrected chi connectivity index (χ3v) is 5.05. The van der Waals surface area contributed by atoms with Crippen LogP contribution in [0, 0.1) is 11.8 Å². The Hall–Kier alpha value is -0.570. The second-order valence-electron chi connectivity index (χ2n) is 6.55. The molecule has 0 radical (unpaired) electrons. The monoisotopic (exact) mass is 250 g/mol. The Balaban J connectivity index is 1.46. The van der Waals surface area contributed by atoms with Crippen LogP contribution in [0.2, 0.25) is 0 Å². The lowest BCUT2D eigenvalue weighted by Crippen LogP contribution is -2.52. The van der Waals surface area contributed by atoms with Crippen LogP contribution < -0.4 is 0 Å². The van der Waals surface area contributed by atoms with E-state index in [9.17, 15) is 4.79 Å². The zero-order valence-electron chi connectivity index (χ0n) is 11.6. The molecule has 0 aromatic heterocycles. The van der Waals surface area contributed by atoms with Gasteiger partial charge in [0, 0.05) is 38.1 Å². The second-order valence-corrected chi connectivity index (χ2v) is 6.55. The molecule has 2 aliphatic carbocycles. The summed E-state index contributed by atoms with van der Waals surface area (Å²) >= 11 is 0. The quantitative estimate of drug-likeness (QED) is 0.749. The summed E-state index contributed by atoms with van der Waals surface area (Å²) < 4.78 is 0. The highest BCUT2D eigenvalue weighted by molar-refractivity contribution is 5.81. The van der Waals surface area contributed by atoms with Crippen LogP contribution in [0.3, 0.4) is 0 Å². The lowest BCUT2D eigenvalue weighted by Gasteiger charge is -2.41. The molecule has 0 aromatic rings. The molecular formula is C15H26N2O. The predicted molar refractivity (Wildman–Crippen MR) is 72.3 cm³/mol. The van der Waals surface area contributed by atoms with E-state index in [0.29, 0.717) is 11.8 Å². The number of carbonyl (C=O) groups is 1. The zero-order chi connectivity index (χ0) is 12.5. The average Bonchev–Trinajstić information content (AvgIpc) is 3.23. The lowest BCUT2D eigenvalue weighted by molar-refractivity contribution is -0.134. The van der Waals surface area contributed by atoms with Crippen molar-refractivity contribution in [2.75, 3.05) is 26.2 Å². The Morgan fingerprint density at radius 3 is 2.06 bits per heavy atom. The molecule has 102 valence electrons. The maximum atomic E-state index is 12.0. The average molecular weight is 250 g/mol. The lowest BCUT2D eigenvalue weighted by atomic mass is 9.86. The topological polar surface area (TPSA) is 23.6 Å². The predicted octanol–water partition coefficient (Wildman–Crippen LogP) is 2.12. The molecule has 0 unspecified atom stereocenters. The highest BCUT2D eigenvalue weighted by Gasteiger charge is 2.35. The fraction of sp³-hybridized carbons (Fsp3) is 0.933. The minimum atomic E-state index is 0.395. The van der Waals surface area contributed by atoms with Crippen molar-refractivity contribution in [3.8, 4) is 0 Å². The highest BCUT2D eigenvalue weighted by atomic mass is 16.2. The maximum Gasteiger partial charge on any atom is 0.225 e. The third kappa shape index (κ3) is 2.71. The van der Waals surface area contributed by atoms with Gasteiger partial charge in [0.15, 0.2) is 0 Å². The van der Waals surface area contributed by atoms with Gasteiger partial charge in [-0.05, 0) is 44.4 Å². The van der Waals surface area contributed by atoms with E-state index in [2.05, 4.69) is 16.7 Å². The van der Waals surface area contributed by atoms with Gasteiger partial charge in [0.1, 0.15) is 0 Å². The molecule has 0 spiro atoms. The first-order chi connectivity index (χ1) is 8.74. The van der Waals surface area contributed by atoms with Crippen LogP contribution in [-0.4, -0.2) is 47.9 Å². The standard InChI is InChI=1S/C15H26N2O/c1-12-2-6-14(7-3-12)16-8-10-17(11-9-16)15(18)13-4-5-13/h12-14H,2-11H2,1H3. The normalized spacial score (nSPS) is 34.6. The Bertz CT molecular complexity index is 298. The van der Waals surface area contributed by atoms with Gasteiger partial charge in [0.2, 0.25) is 5.91 Å². The van der Waals surface area contributed by atoms with Gasteiger partial charge in [-0.15, -0.1) is 0 Å². The SMILES string of the molecule is CC1CCC(N2CCN(C(=O)C3CC3)CC2)CC1. The minimum absolute atomic E-state index is 0.395. The van der Waals surface area contributed by atoms with Crippen molar-refractivity contribution in [1.29, 1.82) is 0 Å². The summed E-state index contributed by atoms with van der Waals surface area (Å²) in [6.45, 7) is 6.54. The summed E-state index contributed by atoms with van der Waals surface area (Å²) in [4.78, 5) is 16.7. The van der Waals surface area contributed by atoms with E-state index in [-0.39, 0.29) is 0 Å². The first-order valence-electron chi connectivity index (χ1n) is 7.77. The molecule has 0 aromatic carbocycles. The van der Waals surface area contributed by atoms with Crippen molar-refractivity contribution >= 4 is 5.91 Å². The van der Waals surface area contributed by atoms with E-state index >= 15 is 0 Å². The van der Waals surface area contributed by atoms with Crippen molar-refractivity contribution in [2.24, 2.45) is 11.8 Å². The van der Waals surface area contributed by atoms with E-state index in [1.54, 1.807) is 0 Å². The molecule has 1 aliphatic heterocycles. The second kappa shape index (κ2) is 5.20. The molecule has 18 heavy (non-hydrogen) atoms. The Morgan fingerprint density at radius 1 is 0.889 bits per heavy atom. The first-order valence-corrected chi connectivity index (χ1v) is 7.77. The molecule has 1 heterocycles. The summed E-state index contributed by atoms with van der Waals surface area (Å²) in [6, 6.07) is 0.805. The number of amides is 1. The van der Waals surface area contributed by atoms with E-state index in [1.165, 1.54) is 25.7 Å². The minimum Gasteiger partial charge on any atom is -0.340 e. The molecule has 0 atom stereocenters. The molecule has 3 heteroatoms. The van der Waals surface area contributed by atoms with Crippen LogP contribution in [0.25, 0.3) is 0 Å². The Kier molecular flexibility index (Phi) is 3.60. The van der Waals surface area contributed by atoms with Gasteiger partial charge in [-0.2, -0.15) is 0 Å². The van der Waals surface area contributed by atoms with Crippen LogP contribution in [-0.2, 0) is 4.79 Å². The van der Waals surface area contributed by atoms with E-state index in [1.807, 2.05) is 0 Å². The number of nitrogens with zero attached hydrogens (tertiary/aromatic N) is 2.